The van der Waals surface area contributed by atoms with Crippen molar-refractivity contribution in [2.75, 3.05) is 13.2 Å². The van der Waals surface area contributed by atoms with Gasteiger partial charge in [-0.25, -0.2) is 0 Å². The zero-order valence-electron chi connectivity index (χ0n) is 10.4. The van der Waals surface area contributed by atoms with Gasteiger partial charge in [-0.1, -0.05) is 23.2 Å². The van der Waals surface area contributed by atoms with Crippen molar-refractivity contribution in [2.45, 2.75) is 19.4 Å². The highest BCUT2D eigenvalue weighted by molar-refractivity contribution is 6.35. The standard InChI is InChI=1S/C13H16Cl2N2O2/c14-10-3-9(5-16)13(11(15)4-10)19-7-12(18)17-6-8-1-2-8/h3-4,8H,1-2,5-7,16H2,(H,17,18). The maximum absolute atomic E-state index is 11.6. The molecule has 1 amide bonds. The van der Waals surface area contributed by atoms with E-state index in [0.717, 1.165) is 6.54 Å². The number of nitrogens with one attached hydrogen (secondary N) is 1. The molecule has 0 atom stereocenters. The first-order valence-electron chi connectivity index (χ1n) is 6.17. The van der Waals surface area contributed by atoms with Crippen LogP contribution in [0.5, 0.6) is 5.75 Å². The molecule has 1 aliphatic carbocycles. The van der Waals surface area contributed by atoms with Gasteiger partial charge in [0, 0.05) is 23.7 Å². The normalized spacial score (nSPS) is 14.3. The number of hydrogen-bond acceptors (Lipinski definition) is 3. The smallest absolute Gasteiger partial charge is 0.257 e. The van der Waals surface area contributed by atoms with Gasteiger partial charge in [0.05, 0.1) is 5.02 Å². The molecule has 19 heavy (non-hydrogen) atoms. The Morgan fingerprint density at radius 3 is 2.79 bits per heavy atom. The lowest BCUT2D eigenvalue weighted by molar-refractivity contribution is -0.123. The van der Waals surface area contributed by atoms with E-state index < -0.39 is 0 Å². The summed E-state index contributed by atoms with van der Waals surface area (Å²) in [6.45, 7) is 0.903. The lowest BCUT2D eigenvalue weighted by atomic mass is 10.2. The highest BCUT2D eigenvalue weighted by Crippen LogP contribution is 2.32. The van der Waals surface area contributed by atoms with Crippen LogP contribution < -0.4 is 15.8 Å². The van der Waals surface area contributed by atoms with Crippen molar-refractivity contribution in [3.63, 3.8) is 0 Å². The maximum atomic E-state index is 11.6. The van der Waals surface area contributed by atoms with Crippen LogP contribution in [0, 0.1) is 5.92 Å². The van der Waals surface area contributed by atoms with E-state index in [4.69, 9.17) is 33.7 Å². The summed E-state index contributed by atoms with van der Waals surface area (Å²) in [5.74, 6) is 0.915. The molecule has 104 valence electrons. The largest absolute Gasteiger partial charge is 0.482 e. The number of carbonyl (C=O) groups excluding carboxylic acids is 1. The Labute approximate surface area is 122 Å². The summed E-state index contributed by atoms with van der Waals surface area (Å²) in [5, 5.41) is 3.68. The zero-order valence-corrected chi connectivity index (χ0v) is 11.9. The van der Waals surface area contributed by atoms with E-state index in [1.54, 1.807) is 12.1 Å². The number of amides is 1. The van der Waals surface area contributed by atoms with Crippen LogP contribution >= 0.6 is 23.2 Å². The second-order valence-electron chi connectivity index (χ2n) is 4.62. The number of hydrogen-bond donors (Lipinski definition) is 2. The molecule has 0 radical (unpaired) electrons. The molecule has 0 saturated heterocycles. The van der Waals surface area contributed by atoms with Gasteiger partial charge in [0.25, 0.3) is 5.91 Å². The van der Waals surface area contributed by atoms with E-state index in [1.807, 2.05) is 0 Å². The van der Waals surface area contributed by atoms with Crippen molar-refractivity contribution in [3.8, 4) is 5.75 Å². The van der Waals surface area contributed by atoms with Gasteiger partial charge in [-0.2, -0.15) is 0 Å². The molecule has 1 fully saturated rings. The Bertz CT molecular complexity index is 476. The third-order valence-corrected chi connectivity index (χ3v) is 3.44. The van der Waals surface area contributed by atoms with Gasteiger partial charge >= 0.3 is 0 Å². The van der Waals surface area contributed by atoms with E-state index >= 15 is 0 Å². The second-order valence-corrected chi connectivity index (χ2v) is 5.46. The van der Waals surface area contributed by atoms with Crippen molar-refractivity contribution in [3.05, 3.63) is 27.7 Å². The zero-order chi connectivity index (χ0) is 13.8. The lowest BCUT2D eigenvalue weighted by Crippen LogP contribution is -2.30. The Kier molecular flexibility index (Phi) is 4.91. The maximum Gasteiger partial charge on any atom is 0.257 e. The van der Waals surface area contributed by atoms with Crippen LogP contribution in [-0.2, 0) is 11.3 Å². The molecule has 1 aromatic carbocycles. The summed E-state index contributed by atoms with van der Waals surface area (Å²) in [6, 6.07) is 3.25. The molecule has 1 saturated carbocycles. The topological polar surface area (TPSA) is 64.3 Å². The lowest BCUT2D eigenvalue weighted by Gasteiger charge is -2.12. The van der Waals surface area contributed by atoms with E-state index in [-0.39, 0.29) is 19.1 Å². The Balaban J connectivity index is 1.92. The minimum Gasteiger partial charge on any atom is -0.482 e. The number of halogens is 2. The summed E-state index contributed by atoms with van der Waals surface area (Å²) in [4.78, 5) is 11.6. The van der Waals surface area contributed by atoms with E-state index in [1.165, 1.54) is 12.8 Å². The van der Waals surface area contributed by atoms with Crippen LogP contribution in [0.2, 0.25) is 10.0 Å². The van der Waals surface area contributed by atoms with Crippen molar-refractivity contribution < 1.29 is 9.53 Å². The van der Waals surface area contributed by atoms with Gasteiger partial charge in [-0.15, -0.1) is 0 Å². The van der Waals surface area contributed by atoms with E-state index in [2.05, 4.69) is 5.32 Å². The van der Waals surface area contributed by atoms with Gasteiger partial charge in [-0.3, -0.25) is 4.79 Å². The molecule has 0 spiro atoms. The summed E-state index contributed by atoms with van der Waals surface area (Å²) in [5.41, 5.74) is 6.29. The fourth-order valence-electron chi connectivity index (χ4n) is 1.70. The average Bonchev–Trinajstić information content (AvgIpc) is 3.18. The van der Waals surface area contributed by atoms with Crippen molar-refractivity contribution in [1.82, 2.24) is 5.32 Å². The minimum atomic E-state index is -0.152. The van der Waals surface area contributed by atoms with Crippen LogP contribution in [-0.4, -0.2) is 19.1 Å². The van der Waals surface area contributed by atoms with E-state index in [9.17, 15) is 4.79 Å². The molecule has 0 heterocycles. The number of carbonyl (C=O) groups is 1. The molecule has 3 N–H and O–H groups in total. The predicted molar refractivity (Wildman–Crippen MR) is 75.6 cm³/mol. The molecule has 0 unspecified atom stereocenters. The first kappa shape index (κ1) is 14.4. The van der Waals surface area contributed by atoms with E-state index in [0.29, 0.717) is 27.3 Å². The van der Waals surface area contributed by atoms with Crippen molar-refractivity contribution >= 4 is 29.1 Å². The van der Waals surface area contributed by atoms with Crippen LogP contribution in [0.25, 0.3) is 0 Å². The molecular weight excluding hydrogens is 287 g/mol. The number of rotatable bonds is 6. The molecule has 0 aliphatic heterocycles. The molecule has 2 rings (SSSR count). The highest BCUT2D eigenvalue weighted by atomic mass is 35.5. The summed E-state index contributed by atoms with van der Waals surface area (Å²) < 4.78 is 5.45. The summed E-state index contributed by atoms with van der Waals surface area (Å²) in [6.07, 6.45) is 2.39. The van der Waals surface area contributed by atoms with Crippen molar-refractivity contribution in [1.29, 1.82) is 0 Å². The first-order valence-corrected chi connectivity index (χ1v) is 6.93. The quantitative estimate of drug-likeness (QED) is 0.848. The minimum absolute atomic E-state index is 0.0684. The molecule has 1 aliphatic rings. The number of nitrogens with two attached hydrogens (primary N) is 1. The van der Waals surface area contributed by atoms with Crippen LogP contribution in [0.4, 0.5) is 0 Å². The Morgan fingerprint density at radius 1 is 1.42 bits per heavy atom. The fourth-order valence-corrected chi connectivity index (χ4v) is 2.29. The Hall–Kier alpha value is -0.970. The van der Waals surface area contributed by atoms with Gasteiger partial charge < -0.3 is 15.8 Å². The monoisotopic (exact) mass is 302 g/mol. The molecule has 6 heteroatoms. The Morgan fingerprint density at radius 2 is 2.16 bits per heavy atom. The molecule has 1 aromatic rings. The summed E-state index contributed by atoms with van der Waals surface area (Å²) >= 11 is 11.9. The van der Waals surface area contributed by atoms with Gasteiger partial charge in [0.1, 0.15) is 5.75 Å². The third kappa shape index (κ3) is 4.27. The first-order chi connectivity index (χ1) is 9.10. The van der Waals surface area contributed by atoms with Gasteiger partial charge in [0.2, 0.25) is 0 Å². The summed E-state index contributed by atoms with van der Waals surface area (Å²) in [7, 11) is 0. The third-order valence-electron chi connectivity index (χ3n) is 2.94. The van der Waals surface area contributed by atoms with Gasteiger partial charge in [0.15, 0.2) is 6.61 Å². The second kappa shape index (κ2) is 6.46. The fraction of sp³-hybridized carbons (Fsp3) is 0.462. The molecule has 0 aromatic heterocycles. The van der Waals surface area contributed by atoms with Crippen LogP contribution in [0.3, 0.4) is 0 Å². The highest BCUT2D eigenvalue weighted by Gasteiger charge is 2.21. The molecular formula is C13H16Cl2N2O2. The number of ether oxygens (including phenoxy) is 1. The van der Waals surface area contributed by atoms with Crippen LogP contribution in [0.1, 0.15) is 18.4 Å². The SMILES string of the molecule is NCc1cc(Cl)cc(Cl)c1OCC(=O)NCC1CC1. The number of benzene rings is 1. The molecule has 4 nitrogen and oxygen atoms in total. The predicted octanol–water partition coefficient (Wildman–Crippen LogP) is 2.36. The van der Waals surface area contributed by atoms with Crippen molar-refractivity contribution in [2.24, 2.45) is 11.7 Å². The van der Waals surface area contributed by atoms with Gasteiger partial charge in [-0.05, 0) is 30.9 Å². The van der Waals surface area contributed by atoms with Crippen LogP contribution in [0.15, 0.2) is 12.1 Å². The molecule has 0 bridgehead atoms. The average molecular weight is 303 g/mol.